The molecule has 1 saturated heterocycles. The van der Waals surface area contributed by atoms with Crippen molar-refractivity contribution in [3.8, 4) is 17.1 Å². The molecule has 3 rings (SSSR count). The summed E-state index contributed by atoms with van der Waals surface area (Å²) in [5.74, 6) is 0.619. The zero-order chi connectivity index (χ0) is 17.3. The number of anilines is 1. The van der Waals surface area contributed by atoms with Crippen LogP contribution in [0.15, 0.2) is 18.2 Å². The zero-order valence-corrected chi connectivity index (χ0v) is 14.3. The quantitative estimate of drug-likeness (QED) is 0.788. The Morgan fingerprint density at radius 3 is 3.00 bits per heavy atom. The molecule has 128 valence electrons. The van der Waals surface area contributed by atoms with Gasteiger partial charge in [0.1, 0.15) is 5.75 Å². The average Bonchev–Trinajstić information content (AvgIpc) is 3.19. The molecule has 0 aliphatic carbocycles. The number of nitrogens with one attached hydrogen (secondary N) is 2. The maximum Gasteiger partial charge on any atom is 0.249 e. The van der Waals surface area contributed by atoms with Crippen molar-refractivity contribution in [1.29, 1.82) is 0 Å². The summed E-state index contributed by atoms with van der Waals surface area (Å²) in [6.07, 6.45) is 1.86. The van der Waals surface area contributed by atoms with Crippen LogP contribution in [-0.2, 0) is 4.79 Å². The SMILES string of the molecule is CC(C)N1CCCC1C(=O)Nc1n[nH]c(-c2ccc(O)c(Cl)c2)n1. The molecule has 1 aromatic heterocycles. The molecule has 2 heterocycles. The number of amides is 1. The Balaban J connectivity index is 1.72. The number of aromatic nitrogens is 3. The lowest BCUT2D eigenvalue weighted by molar-refractivity contribution is -0.120. The molecule has 0 radical (unpaired) electrons. The number of phenolic OH excluding ortho intramolecular Hbond substituents is 1. The molecule has 1 aliphatic heterocycles. The number of benzene rings is 1. The van der Waals surface area contributed by atoms with E-state index in [4.69, 9.17) is 11.6 Å². The highest BCUT2D eigenvalue weighted by molar-refractivity contribution is 6.32. The number of carbonyl (C=O) groups excluding carboxylic acids is 1. The summed E-state index contributed by atoms with van der Waals surface area (Å²) in [7, 11) is 0. The second-order valence-electron chi connectivity index (χ2n) is 6.15. The number of phenols is 1. The van der Waals surface area contributed by atoms with Gasteiger partial charge in [-0.1, -0.05) is 11.6 Å². The minimum Gasteiger partial charge on any atom is -0.506 e. The minimum absolute atomic E-state index is 0.00321. The highest BCUT2D eigenvalue weighted by atomic mass is 35.5. The standard InChI is InChI=1S/C16H20ClN5O2/c1-9(2)22-7-3-4-12(22)15(24)19-16-18-14(20-21-16)10-5-6-13(23)11(17)8-10/h5-6,8-9,12,23H,3-4,7H2,1-2H3,(H2,18,19,20,21,24). The fourth-order valence-electron chi connectivity index (χ4n) is 2.98. The number of carbonyl (C=O) groups is 1. The van der Waals surface area contributed by atoms with E-state index >= 15 is 0 Å². The number of H-pyrrole nitrogens is 1. The Labute approximate surface area is 145 Å². The van der Waals surface area contributed by atoms with Gasteiger partial charge in [0.2, 0.25) is 11.9 Å². The van der Waals surface area contributed by atoms with Gasteiger partial charge in [-0.2, -0.15) is 4.98 Å². The molecule has 2 aromatic rings. The van der Waals surface area contributed by atoms with Crippen molar-refractivity contribution in [2.75, 3.05) is 11.9 Å². The average molecular weight is 350 g/mol. The van der Waals surface area contributed by atoms with Gasteiger partial charge in [-0.3, -0.25) is 20.1 Å². The van der Waals surface area contributed by atoms with E-state index in [-0.39, 0.29) is 28.7 Å². The third-order valence-electron chi connectivity index (χ3n) is 4.20. The molecule has 1 unspecified atom stereocenters. The molecule has 8 heteroatoms. The third-order valence-corrected chi connectivity index (χ3v) is 4.50. The van der Waals surface area contributed by atoms with Crippen LogP contribution in [0.25, 0.3) is 11.4 Å². The fourth-order valence-corrected chi connectivity index (χ4v) is 3.16. The zero-order valence-electron chi connectivity index (χ0n) is 13.6. The van der Waals surface area contributed by atoms with E-state index in [0.717, 1.165) is 19.4 Å². The van der Waals surface area contributed by atoms with Gasteiger partial charge in [-0.05, 0) is 51.4 Å². The maximum atomic E-state index is 12.5. The molecular formula is C16H20ClN5O2. The van der Waals surface area contributed by atoms with Crippen LogP contribution in [0.4, 0.5) is 5.95 Å². The summed E-state index contributed by atoms with van der Waals surface area (Å²) < 4.78 is 0. The Morgan fingerprint density at radius 2 is 2.29 bits per heavy atom. The number of hydrogen-bond donors (Lipinski definition) is 3. The van der Waals surface area contributed by atoms with Crippen LogP contribution in [0.1, 0.15) is 26.7 Å². The van der Waals surface area contributed by atoms with Gasteiger partial charge in [0.25, 0.3) is 0 Å². The van der Waals surface area contributed by atoms with E-state index in [1.165, 1.54) is 6.07 Å². The molecule has 0 bridgehead atoms. The van der Waals surface area contributed by atoms with Crippen molar-refractivity contribution >= 4 is 23.5 Å². The molecule has 0 saturated carbocycles. The summed E-state index contributed by atoms with van der Waals surface area (Å²) in [5, 5.41) is 19.3. The highest BCUT2D eigenvalue weighted by Crippen LogP contribution is 2.28. The number of aromatic amines is 1. The summed E-state index contributed by atoms with van der Waals surface area (Å²) in [6, 6.07) is 4.92. The van der Waals surface area contributed by atoms with Crippen LogP contribution >= 0.6 is 11.6 Å². The van der Waals surface area contributed by atoms with Crippen LogP contribution < -0.4 is 5.32 Å². The molecule has 1 amide bonds. The van der Waals surface area contributed by atoms with Gasteiger partial charge in [0, 0.05) is 11.6 Å². The van der Waals surface area contributed by atoms with Gasteiger partial charge in [-0.15, -0.1) is 5.10 Å². The second kappa shape index (κ2) is 6.78. The largest absolute Gasteiger partial charge is 0.506 e. The highest BCUT2D eigenvalue weighted by Gasteiger charge is 2.32. The molecule has 7 nitrogen and oxygen atoms in total. The van der Waals surface area contributed by atoms with Gasteiger partial charge in [-0.25, -0.2) is 0 Å². The lowest BCUT2D eigenvalue weighted by Gasteiger charge is -2.26. The Morgan fingerprint density at radius 1 is 1.50 bits per heavy atom. The monoisotopic (exact) mass is 349 g/mol. The predicted molar refractivity (Wildman–Crippen MR) is 92.0 cm³/mol. The van der Waals surface area contributed by atoms with E-state index in [9.17, 15) is 9.90 Å². The molecule has 1 atom stereocenters. The van der Waals surface area contributed by atoms with Crippen LogP contribution in [-0.4, -0.2) is 49.7 Å². The van der Waals surface area contributed by atoms with E-state index in [1.54, 1.807) is 12.1 Å². The van der Waals surface area contributed by atoms with Gasteiger partial charge in [0.15, 0.2) is 5.82 Å². The van der Waals surface area contributed by atoms with Crippen LogP contribution in [0, 0.1) is 0 Å². The predicted octanol–water partition coefficient (Wildman–Crippen LogP) is 2.64. The summed E-state index contributed by atoms with van der Waals surface area (Å²) in [4.78, 5) is 18.9. The van der Waals surface area contributed by atoms with E-state index in [1.807, 2.05) is 0 Å². The molecule has 1 fully saturated rings. The van der Waals surface area contributed by atoms with Crippen LogP contribution in [0.5, 0.6) is 5.75 Å². The number of hydrogen-bond acceptors (Lipinski definition) is 5. The molecule has 3 N–H and O–H groups in total. The molecule has 24 heavy (non-hydrogen) atoms. The molecule has 1 aromatic carbocycles. The van der Waals surface area contributed by atoms with Crippen molar-refractivity contribution in [3.05, 3.63) is 23.2 Å². The number of likely N-dealkylation sites (tertiary alicyclic amines) is 1. The third kappa shape index (κ3) is 3.37. The van der Waals surface area contributed by atoms with Crippen molar-refractivity contribution in [3.63, 3.8) is 0 Å². The first-order chi connectivity index (χ1) is 11.5. The smallest absolute Gasteiger partial charge is 0.249 e. The number of halogens is 1. The first kappa shape index (κ1) is 16.7. The summed E-state index contributed by atoms with van der Waals surface area (Å²) >= 11 is 5.90. The number of aromatic hydroxyl groups is 1. The maximum absolute atomic E-state index is 12.5. The summed E-state index contributed by atoms with van der Waals surface area (Å²) in [5.41, 5.74) is 0.676. The van der Waals surface area contributed by atoms with E-state index in [2.05, 4.69) is 39.2 Å². The van der Waals surface area contributed by atoms with E-state index < -0.39 is 0 Å². The van der Waals surface area contributed by atoms with Crippen molar-refractivity contribution in [2.45, 2.75) is 38.8 Å². The van der Waals surface area contributed by atoms with Crippen LogP contribution in [0.2, 0.25) is 5.02 Å². The summed E-state index contributed by atoms with van der Waals surface area (Å²) in [6.45, 7) is 5.11. The minimum atomic E-state index is -0.143. The number of rotatable bonds is 4. The lowest BCUT2D eigenvalue weighted by atomic mass is 10.2. The Bertz CT molecular complexity index is 746. The van der Waals surface area contributed by atoms with Crippen LogP contribution in [0.3, 0.4) is 0 Å². The number of nitrogens with zero attached hydrogens (tertiary/aromatic N) is 3. The fraction of sp³-hybridized carbons (Fsp3) is 0.438. The van der Waals surface area contributed by atoms with E-state index in [0.29, 0.717) is 17.4 Å². The lowest BCUT2D eigenvalue weighted by Crippen LogP contribution is -2.43. The van der Waals surface area contributed by atoms with Gasteiger partial charge in [0.05, 0.1) is 11.1 Å². The Hall–Kier alpha value is -2.12. The van der Waals surface area contributed by atoms with Crippen molar-refractivity contribution < 1.29 is 9.90 Å². The first-order valence-corrected chi connectivity index (χ1v) is 8.31. The Kier molecular flexibility index (Phi) is 4.73. The normalized spacial score (nSPS) is 18.2. The molecule has 1 aliphatic rings. The first-order valence-electron chi connectivity index (χ1n) is 7.93. The second-order valence-corrected chi connectivity index (χ2v) is 6.56. The molecule has 0 spiro atoms. The van der Waals surface area contributed by atoms with Crippen molar-refractivity contribution in [1.82, 2.24) is 20.1 Å². The topological polar surface area (TPSA) is 94.1 Å². The molecular weight excluding hydrogens is 330 g/mol. The van der Waals surface area contributed by atoms with Crippen molar-refractivity contribution in [2.24, 2.45) is 0 Å². The van der Waals surface area contributed by atoms with Gasteiger partial charge >= 0.3 is 0 Å². The van der Waals surface area contributed by atoms with Gasteiger partial charge < -0.3 is 5.11 Å².